The summed E-state index contributed by atoms with van der Waals surface area (Å²) in [6.45, 7) is 1.96. The van der Waals surface area contributed by atoms with Crippen molar-refractivity contribution in [3.8, 4) is 16.8 Å². The van der Waals surface area contributed by atoms with Crippen molar-refractivity contribution in [2.75, 3.05) is 0 Å². The molecule has 0 aliphatic heterocycles. The highest BCUT2D eigenvalue weighted by Gasteiger charge is 2.09. The van der Waals surface area contributed by atoms with E-state index in [0.717, 1.165) is 11.3 Å². The zero-order chi connectivity index (χ0) is 9.97. The number of thiophene rings is 1. The van der Waals surface area contributed by atoms with Crippen LogP contribution in [0.25, 0.3) is 10.8 Å². The van der Waals surface area contributed by atoms with Crippen molar-refractivity contribution in [3.63, 3.8) is 0 Å². The van der Waals surface area contributed by atoms with Crippen LogP contribution in [0.2, 0.25) is 0 Å². The fraction of sp³-hybridized carbons (Fsp3) is 0.222. The molecule has 2 heterocycles. The van der Waals surface area contributed by atoms with E-state index < -0.39 is 0 Å². The van der Waals surface area contributed by atoms with Crippen LogP contribution in [0, 0.1) is 11.3 Å². The van der Waals surface area contributed by atoms with Crippen molar-refractivity contribution in [3.05, 3.63) is 22.8 Å². The molecule has 0 amide bonds. The summed E-state index contributed by atoms with van der Waals surface area (Å²) in [5.41, 5.74) is 0. The van der Waals surface area contributed by atoms with Gasteiger partial charge in [-0.1, -0.05) is 12.1 Å². The van der Waals surface area contributed by atoms with Gasteiger partial charge in [0.1, 0.15) is 10.9 Å². The summed E-state index contributed by atoms with van der Waals surface area (Å²) in [5.74, 6) is 1.18. The van der Waals surface area contributed by atoms with Crippen molar-refractivity contribution in [2.24, 2.45) is 0 Å². The number of hydrogen-bond acceptors (Lipinski definition) is 5. The Morgan fingerprint density at radius 1 is 1.57 bits per heavy atom. The summed E-state index contributed by atoms with van der Waals surface area (Å²) >= 11 is 1.35. The van der Waals surface area contributed by atoms with Gasteiger partial charge in [0.05, 0.1) is 4.88 Å². The largest absolute Gasteiger partial charge is 0.333 e. The fourth-order valence-corrected chi connectivity index (χ4v) is 1.74. The first-order chi connectivity index (χ1) is 6.83. The Balaban J connectivity index is 2.35. The molecule has 5 heteroatoms. The quantitative estimate of drug-likeness (QED) is 0.754. The summed E-state index contributed by atoms with van der Waals surface area (Å²) in [7, 11) is 0. The summed E-state index contributed by atoms with van der Waals surface area (Å²) in [4.78, 5) is 5.66. The maximum Gasteiger partial charge on any atom is 0.268 e. The maximum atomic E-state index is 8.64. The van der Waals surface area contributed by atoms with Crippen molar-refractivity contribution < 1.29 is 4.52 Å². The molecule has 0 aliphatic rings. The van der Waals surface area contributed by atoms with Crippen LogP contribution in [-0.2, 0) is 6.42 Å². The van der Waals surface area contributed by atoms with E-state index in [2.05, 4.69) is 16.2 Å². The lowest BCUT2D eigenvalue weighted by Gasteiger charge is -1.82. The molecule has 70 valence electrons. The van der Waals surface area contributed by atoms with Crippen LogP contribution in [0.3, 0.4) is 0 Å². The van der Waals surface area contributed by atoms with Gasteiger partial charge < -0.3 is 4.52 Å². The monoisotopic (exact) mass is 205 g/mol. The molecular formula is C9H7N3OS. The van der Waals surface area contributed by atoms with Crippen LogP contribution in [0.1, 0.15) is 17.6 Å². The Labute approximate surface area is 84.8 Å². The van der Waals surface area contributed by atoms with Crippen LogP contribution in [0.5, 0.6) is 0 Å². The molecule has 0 saturated heterocycles. The van der Waals surface area contributed by atoms with E-state index in [9.17, 15) is 0 Å². The smallest absolute Gasteiger partial charge is 0.268 e. The molecule has 0 atom stereocenters. The first-order valence-corrected chi connectivity index (χ1v) is 4.98. The Hall–Kier alpha value is -1.67. The number of nitrogens with zero attached hydrogens (tertiary/aromatic N) is 3. The van der Waals surface area contributed by atoms with Crippen molar-refractivity contribution in [1.29, 1.82) is 5.26 Å². The summed E-state index contributed by atoms with van der Waals surface area (Å²) in [6, 6.07) is 5.63. The third-order valence-corrected chi connectivity index (χ3v) is 2.69. The molecule has 0 saturated carbocycles. The molecule has 2 aromatic rings. The van der Waals surface area contributed by atoms with Crippen LogP contribution < -0.4 is 0 Å². The van der Waals surface area contributed by atoms with Crippen molar-refractivity contribution in [1.82, 2.24) is 10.1 Å². The topological polar surface area (TPSA) is 62.7 Å². The number of rotatable bonds is 2. The van der Waals surface area contributed by atoms with Gasteiger partial charge in [-0.3, -0.25) is 0 Å². The average Bonchev–Trinajstić information content (AvgIpc) is 2.86. The van der Waals surface area contributed by atoms with Gasteiger partial charge in [-0.25, -0.2) is 0 Å². The molecule has 0 radical (unpaired) electrons. The highest BCUT2D eigenvalue weighted by Crippen LogP contribution is 2.25. The number of hydrogen-bond donors (Lipinski definition) is 0. The van der Waals surface area contributed by atoms with Crippen molar-refractivity contribution in [2.45, 2.75) is 13.3 Å². The molecule has 4 nitrogen and oxygen atoms in total. The third kappa shape index (κ3) is 1.52. The zero-order valence-electron chi connectivity index (χ0n) is 7.52. The molecule has 2 aromatic heterocycles. The summed E-state index contributed by atoms with van der Waals surface area (Å²) in [5, 5.41) is 12.4. The van der Waals surface area contributed by atoms with E-state index in [-0.39, 0.29) is 0 Å². The van der Waals surface area contributed by atoms with Gasteiger partial charge in [-0.15, -0.1) is 11.3 Å². The lowest BCUT2D eigenvalue weighted by molar-refractivity contribution is 0.424. The average molecular weight is 205 g/mol. The van der Waals surface area contributed by atoms with Gasteiger partial charge in [0, 0.05) is 6.42 Å². The number of aryl methyl sites for hydroxylation is 1. The standard InChI is InChI=1S/C9H7N3OS/c1-2-8-11-9(13-12-8)7-4-3-6(5-10)14-7/h3-4H,2H2,1H3. The lowest BCUT2D eigenvalue weighted by Crippen LogP contribution is -1.80. The van der Waals surface area contributed by atoms with E-state index in [4.69, 9.17) is 9.78 Å². The van der Waals surface area contributed by atoms with Gasteiger partial charge in [0.15, 0.2) is 5.82 Å². The molecule has 0 N–H and O–H groups in total. The van der Waals surface area contributed by atoms with Crippen LogP contribution in [0.4, 0.5) is 0 Å². The minimum absolute atomic E-state index is 0.494. The van der Waals surface area contributed by atoms with Crippen molar-refractivity contribution >= 4 is 11.3 Å². The van der Waals surface area contributed by atoms with Gasteiger partial charge >= 0.3 is 0 Å². The highest BCUT2D eigenvalue weighted by molar-refractivity contribution is 7.15. The third-order valence-electron chi connectivity index (χ3n) is 1.71. The van der Waals surface area contributed by atoms with E-state index in [1.54, 1.807) is 6.07 Å². The Morgan fingerprint density at radius 3 is 3.00 bits per heavy atom. The van der Waals surface area contributed by atoms with Gasteiger partial charge in [-0.2, -0.15) is 10.2 Å². The minimum Gasteiger partial charge on any atom is -0.333 e. The Morgan fingerprint density at radius 2 is 2.43 bits per heavy atom. The van der Waals surface area contributed by atoms with Gasteiger partial charge in [0.25, 0.3) is 5.89 Å². The van der Waals surface area contributed by atoms with Gasteiger partial charge in [0.2, 0.25) is 0 Å². The van der Waals surface area contributed by atoms with E-state index in [1.807, 2.05) is 13.0 Å². The molecule has 2 rings (SSSR count). The second-order valence-corrected chi connectivity index (χ2v) is 3.73. The molecule has 0 aromatic carbocycles. The predicted molar refractivity (Wildman–Crippen MR) is 51.7 cm³/mol. The molecular weight excluding hydrogens is 198 g/mol. The molecule has 0 unspecified atom stereocenters. The molecule has 0 bridgehead atoms. The number of nitriles is 1. The second kappa shape index (κ2) is 3.60. The lowest BCUT2D eigenvalue weighted by atomic mass is 10.4. The molecule has 0 fully saturated rings. The first kappa shape index (κ1) is 8.91. The first-order valence-electron chi connectivity index (χ1n) is 4.16. The second-order valence-electron chi connectivity index (χ2n) is 2.65. The predicted octanol–water partition coefficient (Wildman–Crippen LogP) is 2.23. The van der Waals surface area contributed by atoms with E-state index >= 15 is 0 Å². The van der Waals surface area contributed by atoms with Gasteiger partial charge in [-0.05, 0) is 12.1 Å². The molecule has 0 aliphatic carbocycles. The van der Waals surface area contributed by atoms with Crippen LogP contribution >= 0.6 is 11.3 Å². The highest BCUT2D eigenvalue weighted by atomic mass is 32.1. The Kier molecular flexibility index (Phi) is 2.29. The van der Waals surface area contributed by atoms with Crippen LogP contribution in [0.15, 0.2) is 16.7 Å². The minimum atomic E-state index is 0.494. The SMILES string of the molecule is CCc1noc(-c2ccc(C#N)s2)n1. The van der Waals surface area contributed by atoms with E-state index in [1.165, 1.54) is 11.3 Å². The van der Waals surface area contributed by atoms with E-state index in [0.29, 0.717) is 16.6 Å². The molecule has 0 spiro atoms. The molecule has 14 heavy (non-hydrogen) atoms. The summed E-state index contributed by atoms with van der Waals surface area (Å²) in [6.07, 6.45) is 0.750. The Bertz CT molecular complexity index is 480. The van der Waals surface area contributed by atoms with Crippen LogP contribution in [-0.4, -0.2) is 10.1 Å². The number of aromatic nitrogens is 2. The summed E-state index contributed by atoms with van der Waals surface area (Å²) < 4.78 is 5.04. The zero-order valence-corrected chi connectivity index (χ0v) is 8.34. The maximum absolute atomic E-state index is 8.64. The fourth-order valence-electron chi connectivity index (χ4n) is 1.01. The normalized spacial score (nSPS) is 10.0.